The first-order valence-corrected chi connectivity index (χ1v) is 8.26. The zero-order valence-electron chi connectivity index (χ0n) is 15.3. The standard InChI is InChI=1S/C19H29NO4/c1-12(2)16(22)17(19(3,4)5)20-18(23)14-10-8-7-9-13(14)15(21)11-24-6/h7-8,13-14,17H,1,9-11H2,2-6H3,(H,20,23). The normalized spacial score (nSPS) is 21.9. The molecule has 5 nitrogen and oxygen atoms in total. The van der Waals surface area contributed by atoms with E-state index in [-0.39, 0.29) is 24.1 Å². The second-order valence-corrected chi connectivity index (χ2v) is 7.51. The van der Waals surface area contributed by atoms with E-state index in [0.717, 1.165) is 0 Å². The Bertz CT molecular complexity index is 542. The fraction of sp³-hybridized carbons (Fsp3) is 0.632. The highest BCUT2D eigenvalue weighted by Crippen LogP contribution is 2.29. The third kappa shape index (κ3) is 5.13. The number of amides is 1. The lowest BCUT2D eigenvalue weighted by atomic mass is 9.78. The lowest BCUT2D eigenvalue weighted by Crippen LogP contribution is -2.52. The Labute approximate surface area is 144 Å². The number of methoxy groups -OCH3 is 1. The summed E-state index contributed by atoms with van der Waals surface area (Å²) in [5.41, 5.74) is -0.0341. The first-order valence-electron chi connectivity index (χ1n) is 8.26. The minimum Gasteiger partial charge on any atom is -0.377 e. The number of allylic oxidation sites excluding steroid dienone is 2. The van der Waals surface area contributed by atoms with Gasteiger partial charge in [-0.05, 0) is 30.8 Å². The number of carbonyl (C=O) groups is 3. The van der Waals surface area contributed by atoms with Crippen LogP contribution in [0.1, 0.15) is 40.5 Å². The van der Waals surface area contributed by atoms with Crippen molar-refractivity contribution in [3.8, 4) is 0 Å². The van der Waals surface area contributed by atoms with Crippen molar-refractivity contribution in [2.45, 2.75) is 46.6 Å². The molecule has 0 aromatic rings. The Morgan fingerprint density at radius 1 is 1.21 bits per heavy atom. The molecule has 5 heteroatoms. The summed E-state index contributed by atoms with van der Waals surface area (Å²) in [6.07, 6.45) is 4.84. The van der Waals surface area contributed by atoms with Crippen molar-refractivity contribution in [3.63, 3.8) is 0 Å². The molecule has 1 N–H and O–H groups in total. The van der Waals surface area contributed by atoms with Gasteiger partial charge in [-0.1, -0.05) is 39.5 Å². The van der Waals surface area contributed by atoms with Crippen LogP contribution in [-0.4, -0.2) is 37.2 Å². The zero-order valence-corrected chi connectivity index (χ0v) is 15.3. The molecule has 3 atom stereocenters. The molecule has 0 heterocycles. The average molecular weight is 335 g/mol. The Morgan fingerprint density at radius 3 is 2.21 bits per heavy atom. The summed E-state index contributed by atoms with van der Waals surface area (Å²) in [7, 11) is 1.47. The van der Waals surface area contributed by atoms with Crippen molar-refractivity contribution in [2.24, 2.45) is 17.3 Å². The van der Waals surface area contributed by atoms with Gasteiger partial charge >= 0.3 is 0 Å². The highest BCUT2D eigenvalue weighted by atomic mass is 16.5. The quantitative estimate of drug-likeness (QED) is 0.573. The highest BCUT2D eigenvalue weighted by Gasteiger charge is 2.38. The number of ketones is 2. The van der Waals surface area contributed by atoms with Crippen LogP contribution >= 0.6 is 0 Å². The predicted octanol–water partition coefficient (Wildman–Crippen LogP) is 2.46. The van der Waals surface area contributed by atoms with Crippen LogP contribution in [0.15, 0.2) is 24.3 Å². The van der Waals surface area contributed by atoms with E-state index >= 15 is 0 Å². The topological polar surface area (TPSA) is 72.5 Å². The molecule has 0 aromatic heterocycles. The van der Waals surface area contributed by atoms with Gasteiger partial charge in [-0.15, -0.1) is 0 Å². The van der Waals surface area contributed by atoms with Crippen molar-refractivity contribution in [1.29, 1.82) is 0 Å². The molecular formula is C19H29NO4. The molecule has 24 heavy (non-hydrogen) atoms. The molecule has 0 aliphatic heterocycles. The molecule has 134 valence electrons. The Kier molecular flexibility index (Phi) is 7.08. The molecule has 0 aromatic carbocycles. The molecule has 0 spiro atoms. The average Bonchev–Trinajstić information content (AvgIpc) is 2.50. The highest BCUT2D eigenvalue weighted by molar-refractivity contribution is 6.01. The van der Waals surface area contributed by atoms with Gasteiger partial charge in [-0.3, -0.25) is 14.4 Å². The summed E-state index contributed by atoms with van der Waals surface area (Å²) < 4.78 is 4.92. The molecule has 0 saturated heterocycles. The van der Waals surface area contributed by atoms with Gasteiger partial charge in [0.15, 0.2) is 11.6 Å². The van der Waals surface area contributed by atoms with E-state index in [2.05, 4.69) is 11.9 Å². The summed E-state index contributed by atoms with van der Waals surface area (Å²) in [4.78, 5) is 37.4. The summed E-state index contributed by atoms with van der Waals surface area (Å²) >= 11 is 0. The van der Waals surface area contributed by atoms with Crippen LogP contribution in [0.4, 0.5) is 0 Å². The van der Waals surface area contributed by atoms with Crippen LogP contribution in [-0.2, 0) is 19.1 Å². The van der Waals surface area contributed by atoms with Crippen LogP contribution in [0.2, 0.25) is 0 Å². The van der Waals surface area contributed by atoms with Gasteiger partial charge in [0, 0.05) is 13.0 Å². The molecular weight excluding hydrogens is 306 g/mol. The molecule has 1 rings (SSSR count). The SMILES string of the molecule is C=C(C)C(=O)C(NC(=O)C1CC=CCC1C(=O)COC)C(C)(C)C. The summed E-state index contributed by atoms with van der Waals surface area (Å²) in [5, 5.41) is 2.86. The van der Waals surface area contributed by atoms with E-state index in [1.165, 1.54) is 7.11 Å². The summed E-state index contributed by atoms with van der Waals surface area (Å²) in [5.74, 6) is -1.40. The lowest BCUT2D eigenvalue weighted by molar-refractivity contribution is -0.137. The van der Waals surface area contributed by atoms with E-state index < -0.39 is 23.3 Å². The van der Waals surface area contributed by atoms with Crippen molar-refractivity contribution in [1.82, 2.24) is 5.32 Å². The van der Waals surface area contributed by atoms with Crippen LogP contribution in [0.25, 0.3) is 0 Å². The minimum absolute atomic E-state index is 0.00428. The number of carbonyl (C=O) groups excluding carboxylic acids is 3. The van der Waals surface area contributed by atoms with E-state index in [0.29, 0.717) is 18.4 Å². The van der Waals surface area contributed by atoms with Crippen LogP contribution < -0.4 is 5.32 Å². The minimum atomic E-state index is -0.661. The van der Waals surface area contributed by atoms with Gasteiger partial charge in [-0.2, -0.15) is 0 Å². The van der Waals surface area contributed by atoms with Crippen molar-refractivity contribution < 1.29 is 19.1 Å². The Morgan fingerprint density at radius 2 is 1.75 bits per heavy atom. The van der Waals surface area contributed by atoms with Gasteiger partial charge in [0.05, 0.1) is 12.0 Å². The molecule has 1 aliphatic rings. The lowest BCUT2D eigenvalue weighted by Gasteiger charge is -2.33. The van der Waals surface area contributed by atoms with Crippen molar-refractivity contribution >= 4 is 17.5 Å². The Balaban J connectivity index is 2.96. The van der Waals surface area contributed by atoms with E-state index in [1.54, 1.807) is 6.92 Å². The smallest absolute Gasteiger partial charge is 0.224 e. The zero-order chi connectivity index (χ0) is 18.5. The van der Waals surface area contributed by atoms with Gasteiger partial charge < -0.3 is 10.1 Å². The maximum absolute atomic E-state index is 12.8. The van der Waals surface area contributed by atoms with E-state index in [4.69, 9.17) is 4.74 Å². The van der Waals surface area contributed by atoms with Gasteiger partial charge in [0.25, 0.3) is 0 Å². The third-order valence-corrected chi connectivity index (χ3v) is 4.30. The predicted molar refractivity (Wildman–Crippen MR) is 93.4 cm³/mol. The number of ether oxygens (including phenoxy) is 1. The second kappa shape index (κ2) is 8.38. The van der Waals surface area contributed by atoms with Crippen LogP contribution in [0, 0.1) is 17.3 Å². The summed E-state index contributed by atoms with van der Waals surface area (Å²) in [6.45, 7) is 11.0. The maximum atomic E-state index is 12.8. The molecule has 0 fully saturated rings. The number of rotatable bonds is 7. The fourth-order valence-electron chi connectivity index (χ4n) is 2.88. The fourth-order valence-corrected chi connectivity index (χ4v) is 2.88. The molecule has 0 saturated carbocycles. The first kappa shape index (κ1) is 20.3. The van der Waals surface area contributed by atoms with Crippen molar-refractivity contribution in [2.75, 3.05) is 13.7 Å². The van der Waals surface area contributed by atoms with E-state index in [9.17, 15) is 14.4 Å². The van der Waals surface area contributed by atoms with Crippen LogP contribution in [0.5, 0.6) is 0 Å². The third-order valence-electron chi connectivity index (χ3n) is 4.30. The largest absolute Gasteiger partial charge is 0.377 e. The van der Waals surface area contributed by atoms with Crippen molar-refractivity contribution in [3.05, 3.63) is 24.3 Å². The molecule has 0 bridgehead atoms. The molecule has 3 unspecified atom stereocenters. The molecule has 0 radical (unpaired) electrons. The van der Waals surface area contributed by atoms with Gasteiger partial charge in [-0.25, -0.2) is 0 Å². The number of hydrogen-bond donors (Lipinski definition) is 1. The maximum Gasteiger partial charge on any atom is 0.224 e. The van der Waals surface area contributed by atoms with Crippen LogP contribution in [0.3, 0.4) is 0 Å². The summed E-state index contributed by atoms with van der Waals surface area (Å²) in [6, 6.07) is -0.661. The Hall–Kier alpha value is -1.75. The number of hydrogen-bond acceptors (Lipinski definition) is 4. The number of Topliss-reactive ketones (excluding diaryl/α,β-unsaturated/α-hetero) is 2. The second-order valence-electron chi connectivity index (χ2n) is 7.51. The monoisotopic (exact) mass is 335 g/mol. The number of nitrogens with one attached hydrogen (secondary N) is 1. The molecule has 1 aliphatic carbocycles. The van der Waals surface area contributed by atoms with Gasteiger partial charge in [0.2, 0.25) is 5.91 Å². The van der Waals surface area contributed by atoms with Gasteiger partial charge in [0.1, 0.15) is 6.61 Å². The molecule has 1 amide bonds. The van der Waals surface area contributed by atoms with E-state index in [1.807, 2.05) is 32.9 Å². The first-order chi connectivity index (χ1) is 11.1.